The number of hydrogen-bond donors (Lipinski definition) is 2. The predicted octanol–water partition coefficient (Wildman–Crippen LogP) is 2.57. The summed E-state index contributed by atoms with van der Waals surface area (Å²) >= 11 is 5.28. The molecule has 2 heterocycles. The lowest BCUT2D eigenvalue weighted by atomic mass is 10.0. The molecule has 2 aromatic carbocycles. The number of para-hydroxylation sites is 1. The van der Waals surface area contributed by atoms with E-state index in [9.17, 15) is 14.4 Å². The van der Waals surface area contributed by atoms with E-state index in [1.54, 1.807) is 16.8 Å². The zero-order valence-electron chi connectivity index (χ0n) is 17.0. The molecule has 3 amide bonds. The summed E-state index contributed by atoms with van der Waals surface area (Å²) in [5, 5.41) is 3.43. The van der Waals surface area contributed by atoms with Crippen molar-refractivity contribution in [3.63, 3.8) is 0 Å². The van der Waals surface area contributed by atoms with Crippen molar-refractivity contribution >= 4 is 57.7 Å². The number of carbonyl (C=O) groups is 3. The van der Waals surface area contributed by atoms with Crippen molar-refractivity contribution in [3.05, 3.63) is 70.9 Å². The molecule has 0 saturated carbocycles. The van der Waals surface area contributed by atoms with Crippen molar-refractivity contribution in [3.8, 4) is 0 Å². The van der Waals surface area contributed by atoms with Gasteiger partial charge in [0.15, 0.2) is 5.11 Å². The molecule has 3 N–H and O–H groups in total. The highest BCUT2D eigenvalue weighted by Gasteiger charge is 2.34. The number of fused-ring (bicyclic) bond motifs is 1. The van der Waals surface area contributed by atoms with Crippen molar-refractivity contribution in [1.29, 1.82) is 0 Å². The molecule has 0 unspecified atom stereocenters. The Hall–Kier alpha value is -3.78. The van der Waals surface area contributed by atoms with Crippen LogP contribution in [0.5, 0.6) is 0 Å². The summed E-state index contributed by atoms with van der Waals surface area (Å²) in [7, 11) is 0. The van der Waals surface area contributed by atoms with Crippen LogP contribution in [0.4, 0.5) is 5.69 Å². The molecule has 31 heavy (non-hydrogen) atoms. The first-order chi connectivity index (χ1) is 14.8. The molecule has 8 heteroatoms. The Labute approximate surface area is 184 Å². The van der Waals surface area contributed by atoms with Crippen LogP contribution in [0.25, 0.3) is 17.0 Å². The maximum absolute atomic E-state index is 13.3. The topological polar surface area (TPSA) is 97.4 Å². The number of thiocarbonyl (C=S) groups is 1. The molecule has 156 valence electrons. The minimum absolute atomic E-state index is 0.0112. The molecule has 1 aliphatic rings. The van der Waals surface area contributed by atoms with Gasteiger partial charge in [-0.3, -0.25) is 24.6 Å². The number of benzene rings is 2. The minimum atomic E-state index is -0.568. The SMILES string of the molecule is Cc1ccc(N2C(=O)/C(=C/c3cn(CC(N)=O)c4ccccc34)C(=O)NC2=S)cc1C. The number of nitrogens with zero attached hydrogens (tertiary/aromatic N) is 2. The van der Waals surface area contributed by atoms with Gasteiger partial charge in [0.25, 0.3) is 11.8 Å². The Morgan fingerprint density at radius 1 is 1.13 bits per heavy atom. The number of aromatic nitrogens is 1. The third kappa shape index (κ3) is 3.73. The fraction of sp³-hybridized carbons (Fsp3) is 0.130. The number of hydrogen-bond acceptors (Lipinski definition) is 4. The Morgan fingerprint density at radius 3 is 2.58 bits per heavy atom. The summed E-state index contributed by atoms with van der Waals surface area (Å²) in [5.74, 6) is -1.57. The number of carbonyl (C=O) groups excluding carboxylic acids is 3. The summed E-state index contributed by atoms with van der Waals surface area (Å²) in [4.78, 5) is 38.7. The first-order valence-corrected chi connectivity index (χ1v) is 10.0. The van der Waals surface area contributed by atoms with Gasteiger partial charge in [-0.25, -0.2) is 0 Å². The van der Waals surface area contributed by atoms with Gasteiger partial charge in [-0.2, -0.15) is 0 Å². The van der Waals surface area contributed by atoms with Crippen molar-refractivity contribution in [2.45, 2.75) is 20.4 Å². The number of nitrogens with two attached hydrogens (primary N) is 1. The van der Waals surface area contributed by atoms with Crippen LogP contribution in [0.2, 0.25) is 0 Å². The lowest BCUT2D eigenvalue weighted by Crippen LogP contribution is -2.54. The van der Waals surface area contributed by atoms with E-state index < -0.39 is 17.7 Å². The van der Waals surface area contributed by atoms with Gasteiger partial charge in [-0.05, 0) is 61.5 Å². The van der Waals surface area contributed by atoms with Gasteiger partial charge in [-0.15, -0.1) is 0 Å². The smallest absolute Gasteiger partial charge is 0.270 e. The van der Waals surface area contributed by atoms with Gasteiger partial charge in [0.05, 0.1) is 5.69 Å². The second-order valence-electron chi connectivity index (χ2n) is 7.42. The number of primary amides is 1. The maximum Gasteiger partial charge on any atom is 0.270 e. The lowest BCUT2D eigenvalue weighted by Gasteiger charge is -2.29. The zero-order chi connectivity index (χ0) is 22.3. The average Bonchev–Trinajstić information content (AvgIpc) is 3.04. The average molecular weight is 433 g/mol. The molecule has 3 aromatic rings. The fourth-order valence-corrected chi connectivity index (χ4v) is 3.88. The van der Waals surface area contributed by atoms with Gasteiger partial charge < -0.3 is 10.3 Å². The number of amides is 3. The van der Waals surface area contributed by atoms with Crippen LogP contribution in [0, 0.1) is 13.8 Å². The summed E-state index contributed by atoms with van der Waals surface area (Å²) < 4.78 is 1.70. The van der Waals surface area contributed by atoms with E-state index in [1.807, 2.05) is 50.2 Å². The Morgan fingerprint density at radius 2 is 1.87 bits per heavy atom. The monoisotopic (exact) mass is 432 g/mol. The van der Waals surface area contributed by atoms with Crippen LogP contribution in [0.1, 0.15) is 16.7 Å². The van der Waals surface area contributed by atoms with Gasteiger partial charge in [-0.1, -0.05) is 24.3 Å². The highest BCUT2D eigenvalue weighted by atomic mass is 32.1. The van der Waals surface area contributed by atoms with E-state index in [0.717, 1.165) is 22.0 Å². The minimum Gasteiger partial charge on any atom is -0.368 e. The van der Waals surface area contributed by atoms with Gasteiger partial charge in [0.2, 0.25) is 5.91 Å². The van der Waals surface area contributed by atoms with Crippen molar-refractivity contribution in [2.24, 2.45) is 5.73 Å². The molecule has 1 saturated heterocycles. The third-order valence-electron chi connectivity index (χ3n) is 5.30. The van der Waals surface area contributed by atoms with E-state index in [0.29, 0.717) is 11.3 Å². The van der Waals surface area contributed by atoms with Crippen molar-refractivity contribution in [2.75, 3.05) is 4.90 Å². The fourth-order valence-electron chi connectivity index (χ4n) is 3.60. The van der Waals surface area contributed by atoms with Gasteiger partial charge in [0, 0.05) is 22.7 Å². The first-order valence-electron chi connectivity index (χ1n) is 9.61. The first kappa shape index (κ1) is 20.5. The van der Waals surface area contributed by atoms with Crippen LogP contribution in [0.15, 0.2) is 54.2 Å². The molecule has 1 aromatic heterocycles. The zero-order valence-corrected chi connectivity index (χ0v) is 17.8. The number of rotatable bonds is 4. The Kier molecular flexibility index (Phi) is 5.16. The van der Waals surface area contributed by atoms with Crippen molar-refractivity contribution < 1.29 is 14.4 Å². The standard InChI is InChI=1S/C23H20N4O3S/c1-13-7-8-16(9-14(13)2)27-22(30)18(21(29)25-23(27)31)10-15-11-26(12-20(24)28)19-6-4-3-5-17(15)19/h3-11H,12H2,1-2H3,(H2,24,28)(H,25,29,31)/b18-10+. The molecule has 0 atom stereocenters. The molecule has 1 aliphatic heterocycles. The van der Waals surface area contributed by atoms with E-state index in [4.69, 9.17) is 18.0 Å². The largest absolute Gasteiger partial charge is 0.368 e. The van der Waals surface area contributed by atoms with Crippen LogP contribution in [0.3, 0.4) is 0 Å². The van der Waals surface area contributed by atoms with E-state index >= 15 is 0 Å². The summed E-state index contributed by atoms with van der Waals surface area (Å²) in [5.41, 5.74) is 9.39. The molecule has 0 bridgehead atoms. The van der Waals surface area contributed by atoms with Crippen LogP contribution >= 0.6 is 12.2 Å². The predicted molar refractivity (Wildman–Crippen MR) is 123 cm³/mol. The molecule has 7 nitrogen and oxygen atoms in total. The van der Waals surface area contributed by atoms with E-state index in [1.165, 1.54) is 11.0 Å². The van der Waals surface area contributed by atoms with Crippen molar-refractivity contribution in [1.82, 2.24) is 9.88 Å². The molecular weight excluding hydrogens is 412 g/mol. The maximum atomic E-state index is 13.3. The summed E-state index contributed by atoms with van der Waals surface area (Å²) in [6, 6.07) is 12.9. The summed E-state index contributed by atoms with van der Waals surface area (Å²) in [6.45, 7) is 3.91. The summed E-state index contributed by atoms with van der Waals surface area (Å²) in [6.07, 6.45) is 3.23. The van der Waals surface area contributed by atoms with Crippen LogP contribution < -0.4 is 16.0 Å². The number of nitrogens with one attached hydrogen (secondary N) is 1. The molecule has 1 fully saturated rings. The van der Waals surface area contributed by atoms with Gasteiger partial charge >= 0.3 is 0 Å². The van der Waals surface area contributed by atoms with Crippen LogP contribution in [-0.4, -0.2) is 27.4 Å². The van der Waals surface area contributed by atoms with E-state index in [2.05, 4.69) is 5.32 Å². The second-order valence-corrected chi connectivity index (χ2v) is 7.81. The Balaban J connectivity index is 1.81. The number of aryl methyl sites for hydroxylation is 2. The second kappa shape index (κ2) is 7.81. The molecule has 0 spiro atoms. The molecule has 0 radical (unpaired) electrons. The highest BCUT2D eigenvalue weighted by Crippen LogP contribution is 2.27. The Bertz CT molecular complexity index is 1310. The normalized spacial score (nSPS) is 15.6. The van der Waals surface area contributed by atoms with E-state index in [-0.39, 0.29) is 17.2 Å². The van der Waals surface area contributed by atoms with Gasteiger partial charge in [0.1, 0.15) is 12.1 Å². The lowest BCUT2D eigenvalue weighted by molar-refractivity contribution is -0.122. The molecule has 0 aliphatic carbocycles. The quantitative estimate of drug-likeness (QED) is 0.376. The highest BCUT2D eigenvalue weighted by molar-refractivity contribution is 7.80. The number of anilines is 1. The molecular formula is C23H20N4O3S. The third-order valence-corrected chi connectivity index (χ3v) is 5.58. The molecule has 4 rings (SSSR count). The van der Waals surface area contributed by atoms with Crippen LogP contribution in [-0.2, 0) is 20.9 Å².